The molecule has 0 radical (unpaired) electrons. The van der Waals surface area contributed by atoms with Gasteiger partial charge in [-0.2, -0.15) is 5.10 Å². The van der Waals surface area contributed by atoms with Crippen molar-refractivity contribution in [2.24, 2.45) is 0 Å². The molecule has 6 nitrogen and oxygen atoms in total. The molecule has 1 aromatic heterocycles. The predicted octanol–water partition coefficient (Wildman–Crippen LogP) is 4.51. The van der Waals surface area contributed by atoms with E-state index in [0.717, 1.165) is 22.8 Å². The number of rotatable bonds is 5. The Hall–Kier alpha value is -3.28. The maximum atomic E-state index is 12.4. The first-order valence-electron chi connectivity index (χ1n) is 8.78. The van der Waals surface area contributed by atoms with E-state index < -0.39 is 0 Å². The normalized spacial score (nSPS) is 10.5. The zero-order valence-electron chi connectivity index (χ0n) is 16.0. The molecule has 0 spiro atoms. The number of urea groups is 1. The average Bonchev–Trinajstić information content (AvgIpc) is 2.91. The standard InChI is InChI=1S/C21H24N4O2/c1-14-7-5-6-8-17(14)13-25-16(3)20(15(2)24-25)23-21(26)22-18-9-11-19(27-4)12-10-18/h5-12H,13H2,1-4H3,(H2,22,23,26). The van der Waals surface area contributed by atoms with Gasteiger partial charge in [0.15, 0.2) is 0 Å². The van der Waals surface area contributed by atoms with Gasteiger partial charge in [0.05, 0.1) is 30.7 Å². The Labute approximate surface area is 159 Å². The number of ether oxygens (including phenoxy) is 1. The maximum Gasteiger partial charge on any atom is 0.323 e. The zero-order chi connectivity index (χ0) is 19.4. The molecule has 0 aliphatic carbocycles. The van der Waals surface area contributed by atoms with Crippen molar-refractivity contribution in [1.82, 2.24) is 9.78 Å². The van der Waals surface area contributed by atoms with Crippen molar-refractivity contribution in [3.05, 3.63) is 71.0 Å². The van der Waals surface area contributed by atoms with E-state index in [1.807, 2.05) is 30.7 Å². The predicted molar refractivity (Wildman–Crippen MR) is 108 cm³/mol. The molecule has 0 bridgehead atoms. The first kappa shape index (κ1) is 18.5. The van der Waals surface area contributed by atoms with Crippen LogP contribution in [-0.2, 0) is 6.54 Å². The van der Waals surface area contributed by atoms with Crippen molar-refractivity contribution in [3.63, 3.8) is 0 Å². The summed E-state index contributed by atoms with van der Waals surface area (Å²) in [4.78, 5) is 12.4. The van der Waals surface area contributed by atoms with Crippen molar-refractivity contribution in [2.45, 2.75) is 27.3 Å². The molecule has 3 rings (SSSR count). The molecule has 27 heavy (non-hydrogen) atoms. The summed E-state index contributed by atoms with van der Waals surface area (Å²) >= 11 is 0. The number of carbonyl (C=O) groups is 1. The quantitative estimate of drug-likeness (QED) is 0.700. The minimum atomic E-state index is -0.304. The lowest BCUT2D eigenvalue weighted by molar-refractivity contribution is 0.262. The fraction of sp³-hybridized carbons (Fsp3) is 0.238. The van der Waals surface area contributed by atoms with Crippen LogP contribution in [0.4, 0.5) is 16.2 Å². The minimum absolute atomic E-state index is 0.304. The monoisotopic (exact) mass is 364 g/mol. The Kier molecular flexibility index (Phi) is 5.45. The van der Waals surface area contributed by atoms with Gasteiger partial charge in [0.25, 0.3) is 0 Å². The third-order valence-electron chi connectivity index (χ3n) is 4.55. The number of methoxy groups -OCH3 is 1. The summed E-state index contributed by atoms with van der Waals surface area (Å²) in [5.41, 5.74) is 5.55. The fourth-order valence-electron chi connectivity index (χ4n) is 2.93. The van der Waals surface area contributed by atoms with Crippen LogP contribution in [0.1, 0.15) is 22.5 Å². The molecule has 0 fully saturated rings. The number of hydrogen-bond donors (Lipinski definition) is 2. The second-order valence-electron chi connectivity index (χ2n) is 6.44. The molecule has 6 heteroatoms. The second kappa shape index (κ2) is 7.95. The Morgan fingerprint density at radius 2 is 1.74 bits per heavy atom. The van der Waals surface area contributed by atoms with E-state index in [0.29, 0.717) is 12.2 Å². The lowest BCUT2D eigenvalue weighted by atomic mass is 10.1. The Bertz CT molecular complexity index is 945. The van der Waals surface area contributed by atoms with Crippen LogP contribution in [0.15, 0.2) is 48.5 Å². The molecule has 0 unspecified atom stereocenters. The molecule has 0 aliphatic heterocycles. The Morgan fingerprint density at radius 3 is 2.41 bits per heavy atom. The van der Waals surface area contributed by atoms with E-state index in [1.54, 1.807) is 31.4 Å². The third kappa shape index (κ3) is 4.28. The third-order valence-corrected chi connectivity index (χ3v) is 4.55. The SMILES string of the molecule is COc1ccc(NC(=O)Nc2c(C)nn(Cc3ccccc3C)c2C)cc1. The highest BCUT2D eigenvalue weighted by atomic mass is 16.5. The molecule has 2 aromatic carbocycles. The summed E-state index contributed by atoms with van der Waals surface area (Å²) in [5.74, 6) is 0.741. The van der Waals surface area contributed by atoms with Gasteiger partial charge in [0.1, 0.15) is 5.75 Å². The molecule has 0 saturated heterocycles. The lowest BCUT2D eigenvalue weighted by Crippen LogP contribution is -2.20. The topological polar surface area (TPSA) is 68.2 Å². The fourth-order valence-corrected chi connectivity index (χ4v) is 2.93. The highest BCUT2D eigenvalue weighted by molar-refractivity contribution is 6.00. The number of carbonyl (C=O) groups excluding carboxylic acids is 1. The van der Waals surface area contributed by atoms with E-state index >= 15 is 0 Å². The molecular formula is C21H24N4O2. The van der Waals surface area contributed by atoms with Crippen LogP contribution in [0.3, 0.4) is 0 Å². The molecule has 0 atom stereocenters. The van der Waals surface area contributed by atoms with Crippen LogP contribution in [0.25, 0.3) is 0 Å². The molecule has 1 heterocycles. The summed E-state index contributed by atoms with van der Waals surface area (Å²) < 4.78 is 7.04. The van der Waals surface area contributed by atoms with Gasteiger partial charge < -0.3 is 15.4 Å². The number of aryl methyl sites for hydroxylation is 2. The number of benzene rings is 2. The van der Waals surface area contributed by atoms with Crippen LogP contribution in [-0.4, -0.2) is 22.9 Å². The van der Waals surface area contributed by atoms with Gasteiger partial charge in [-0.25, -0.2) is 4.79 Å². The van der Waals surface area contributed by atoms with E-state index in [-0.39, 0.29) is 6.03 Å². The molecule has 140 valence electrons. The van der Waals surface area contributed by atoms with E-state index in [1.165, 1.54) is 11.1 Å². The van der Waals surface area contributed by atoms with Gasteiger partial charge >= 0.3 is 6.03 Å². The van der Waals surface area contributed by atoms with Crippen molar-refractivity contribution < 1.29 is 9.53 Å². The molecule has 2 amide bonds. The van der Waals surface area contributed by atoms with Crippen LogP contribution in [0, 0.1) is 20.8 Å². The zero-order valence-corrected chi connectivity index (χ0v) is 16.0. The van der Waals surface area contributed by atoms with Gasteiger partial charge in [0, 0.05) is 5.69 Å². The molecular weight excluding hydrogens is 340 g/mol. The highest BCUT2D eigenvalue weighted by Gasteiger charge is 2.15. The van der Waals surface area contributed by atoms with Crippen LogP contribution in [0.2, 0.25) is 0 Å². The van der Waals surface area contributed by atoms with Crippen LogP contribution in [0.5, 0.6) is 5.75 Å². The number of anilines is 2. The second-order valence-corrected chi connectivity index (χ2v) is 6.44. The van der Waals surface area contributed by atoms with Gasteiger partial charge in [-0.3, -0.25) is 4.68 Å². The average molecular weight is 364 g/mol. The number of nitrogens with one attached hydrogen (secondary N) is 2. The number of amides is 2. The Balaban J connectivity index is 1.72. The van der Waals surface area contributed by atoms with Crippen molar-refractivity contribution in [1.29, 1.82) is 0 Å². The Morgan fingerprint density at radius 1 is 1.04 bits per heavy atom. The smallest absolute Gasteiger partial charge is 0.323 e. The first-order chi connectivity index (χ1) is 13.0. The highest BCUT2D eigenvalue weighted by Crippen LogP contribution is 2.22. The number of hydrogen-bond acceptors (Lipinski definition) is 3. The van der Waals surface area contributed by atoms with E-state index in [9.17, 15) is 4.79 Å². The molecule has 0 saturated carbocycles. The van der Waals surface area contributed by atoms with Gasteiger partial charge in [-0.15, -0.1) is 0 Å². The van der Waals surface area contributed by atoms with Gasteiger partial charge in [0.2, 0.25) is 0 Å². The molecule has 2 N–H and O–H groups in total. The summed E-state index contributed by atoms with van der Waals surface area (Å²) in [6, 6.07) is 15.1. The van der Waals surface area contributed by atoms with Crippen LogP contribution < -0.4 is 15.4 Å². The van der Waals surface area contributed by atoms with E-state index in [4.69, 9.17) is 4.74 Å². The first-order valence-corrected chi connectivity index (χ1v) is 8.78. The van der Waals surface area contributed by atoms with Gasteiger partial charge in [-0.05, 0) is 56.2 Å². The summed E-state index contributed by atoms with van der Waals surface area (Å²) in [6.07, 6.45) is 0. The largest absolute Gasteiger partial charge is 0.497 e. The summed E-state index contributed by atoms with van der Waals surface area (Å²) in [6.45, 7) is 6.61. The lowest BCUT2D eigenvalue weighted by Gasteiger charge is -2.10. The molecule has 3 aromatic rings. The van der Waals surface area contributed by atoms with E-state index in [2.05, 4.69) is 34.8 Å². The number of aromatic nitrogens is 2. The summed E-state index contributed by atoms with van der Waals surface area (Å²) in [5, 5.41) is 10.3. The number of nitrogens with zero attached hydrogens (tertiary/aromatic N) is 2. The maximum absolute atomic E-state index is 12.4. The van der Waals surface area contributed by atoms with Crippen molar-refractivity contribution in [2.75, 3.05) is 17.7 Å². The van der Waals surface area contributed by atoms with Crippen molar-refractivity contribution >= 4 is 17.4 Å². The summed E-state index contributed by atoms with van der Waals surface area (Å²) in [7, 11) is 1.61. The van der Waals surface area contributed by atoms with Crippen LogP contribution >= 0.6 is 0 Å². The van der Waals surface area contributed by atoms with Gasteiger partial charge in [-0.1, -0.05) is 24.3 Å². The molecule has 0 aliphatic rings. The van der Waals surface area contributed by atoms with Crippen molar-refractivity contribution in [3.8, 4) is 5.75 Å². The minimum Gasteiger partial charge on any atom is -0.497 e.